The van der Waals surface area contributed by atoms with E-state index in [2.05, 4.69) is 5.32 Å². The molecule has 0 saturated heterocycles. The van der Waals surface area contributed by atoms with Crippen LogP contribution in [0.25, 0.3) is 0 Å². The summed E-state index contributed by atoms with van der Waals surface area (Å²) < 4.78 is 5.47. The molecular formula is C12H18N2O3. The lowest BCUT2D eigenvalue weighted by atomic mass is 10.3. The lowest BCUT2D eigenvalue weighted by molar-refractivity contribution is -0.125. The summed E-state index contributed by atoms with van der Waals surface area (Å²) in [5.74, 6) is 0.128. The first-order valence-electron chi connectivity index (χ1n) is 5.56. The molecule has 0 fully saturated rings. The summed E-state index contributed by atoms with van der Waals surface area (Å²) in [4.78, 5) is 10.5. The third-order valence-corrected chi connectivity index (χ3v) is 2.18. The number of nitrogens with two attached hydrogens (primary N) is 1. The third-order valence-electron chi connectivity index (χ3n) is 2.18. The quantitative estimate of drug-likeness (QED) is 0.552. The van der Waals surface area contributed by atoms with Crippen LogP contribution in [0.3, 0.4) is 0 Å². The maximum atomic E-state index is 10.5. The van der Waals surface area contributed by atoms with Crippen LogP contribution < -0.4 is 15.8 Å². The minimum atomic E-state index is -1.12. The van der Waals surface area contributed by atoms with E-state index in [1.54, 1.807) is 0 Å². The molecule has 0 spiro atoms. The topological polar surface area (TPSA) is 84.6 Å². The molecule has 0 aliphatic heterocycles. The average molecular weight is 238 g/mol. The molecule has 0 heterocycles. The highest BCUT2D eigenvalue weighted by Gasteiger charge is 2.08. The van der Waals surface area contributed by atoms with E-state index < -0.39 is 12.0 Å². The van der Waals surface area contributed by atoms with Crippen LogP contribution in [0, 0.1) is 0 Å². The Morgan fingerprint density at radius 2 is 2.12 bits per heavy atom. The van der Waals surface area contributed by atoms with Crippen LogP contribution in [0.5, 0.6) is 5.75 Å². The zero-order valence-electron chi connectivity index (χ0n) is 9.63. The van der Waals surface area contributed by atoms with Gasteiger partial charge in [-0.3, -0.25) is 4.79 Å². The maximum Gasteiger partial charge on any atom is 0.247 e. The van der Waals surface area contributed by atoms with Gasteiger partial charge in [0.1, 0.15) is 11.9 Å². The minimum Gasteiger partial charge on any atom is -0.494 e. The van der Waals surface area contributed by atoms with E-state index in [9.17, 15) is 4.79 Å². The highest BCUT2D eigenvalue weighted by atomic mass is 16.5. The van der Waals surface area contributed by atoms with Crippen molar-refractivity contribution in [3.8, 4) is 5.75 Å². The van der Waals surface area contributed by atoms with Gasteiger partial charge in [-0.05, 0) is 25.1 Å². The first kappa shape index (κ1) is 13.5. The summed E-state index contributed by atoms with van der Waals surface area (Å²) in [6.07, 6.45) is -0.328. The summed E-state index contributed by atoms with van der Waals surface area (Å²) in [6, 6.07) is 9.54. The van der Waals surface area contributed by atoms with Gasteiger partial charge in [-0.25, -0.2) is 0 Å². The molecule has 5 heteroatoms. The number of hydrogen-bond donors (Lipinski definition) is 3. The van der Waals surface area contributed by atoms with Crippen LogP contribution in [-0.4, -0.2) is 36.8 Å². The van der Waals surface area contributed by atoms with Crippen molar-refractivity contribution in [3.05, 3.63) is 30.3 Å². The number of carbonyl (C=O) groups excluding carboxylic acids is 1. The van der Waals surface area contributed by atoms with E-state index in [1.807, 2.05) is 30.3 Å². The number of nitrogens with one attached hydrogen (secondary N) is 1. The second kappa shape index (κ2) is 7.65. The van der Waals surface area contributed by atoms with Gasteiger partial charge < -0.3 is 20.9 Å². The predicted octanol–water partition coefficient (Wildman–Crippen LogP) is -0.109. The first-order valence-corrected chi connectivity index (χ1v) is 5.56. The first-order chi connectivity index (χ1) is 8.20. The Hall–Kier alpha value is -1.59. The lowest BCUT2D eigenvalue weighted by Crippen LogP contribution is -2.38. The zero-order chi connectivity index (χ0) is 12.5. The molecule has 1 aromatic rings. The zero-order valence-corrected chi connectivity index (χ0v) is 9.63. The highest BCUT2D eigenvalue weighted by molar-refractivity contribution is 5.78. The van der Waals surface area contributed by atoms with Gasteiger partial charge in [0.05, 0.1) is 6.61 Å². The van der Waals surface area contributed by atoms with Gasteiger partial charge in [-0.15, -0.1) is 0 Å². The van der Waals surface area contributed by atoms with E-state index in [1.165, 1.54) is 0 Å². The molecule has 0 aliphatic carbocycles. The average Bonchev–Trinajstić information content (AvgIpc) is 2.34. The Bertz CT molecular complexity index is 330. The van der Waals surface area contributed by atoms with Crippen molar-refractivity contribution in [3.63, 3.8) is 0 Å². The molecular weight excluding hydrogens is 220 g/mol. The van der Waals surface area contributed by atoms with Gasteiger partial charge in [0, 0.05) is 6.54 Å². The highest BCUT2D eigenvalue weighted by Crippen LogP contribution is 2.07. The smallest absolute Gasteiger partial charge is 0.247 e. The molecule has 0 saturated carbocycles. The number of hydrogen-bond acceptors (Lipinski definition) is 4. The normalized spacial score (nSPS) is 12.1. The number of primary amides is 1. The van der Waals surface area contributed by atoms with Crippen LogP contribution in [0.15, 0.2) is 30.3 Å². The van der Waals surface area contributed by atoms with Crippen LogP contribution in [-0.2, 0) is 4.79 Å². The molecule has 94 valence electrons. The second-order valence-corrected chi connectivity index (χ2v) is 3.64. The van der Waals surface area contributed by atoms with E-state index >= 15 is 0 Å². The molecule has 0 radical (unpaired) electrons. The Morgan fingerprint density at radius 1 is 1.41 bits per heavy atom. The van der Waals surface area contributed by atoms with Crippen LogP contribution in [0.1, 0.15) is 6.42 Å². The van der Waals surface area contributed by atoms with Crippen molar-refractivity contribution >= 4 is 5.91 Å². The molecule has 1 atom stereocenters. The van der Waals surface area contributed by atoms with Crippen molar-refractivity contribution < 1.29 is 14.6 Å². The largest absolute Gasteiger partial charge is 0.494 e. The number of benzene rings is 1. The van der Waals surface area contributed by atoms with Crippen molar-refractivity contribution in [2.75, 3.05) is 19.7 Å². The maximum absolute atomic E-state index is 10.5. The number of carbonyl (C=O) groups is 1. The van der Waals surface area contributed by atoms with E-state index in [4.69, 9.17) is 15.6 Å². The fourth-order valence-corrected chi connectivity index (χ4v) is 1.24. The lowest BCUT2D eigenvalue weighted by Gasteiger charge is -2.09. The summed E-state index contributed by atoms with van der Waals surface area (Å²) in [7, 11) is 0. The fraction of sp³-hybridized carbons (Fsp3) is 0.417. The number of rotatable bonds is 8. The van der Waals surface area contributed by atoms with Crippen molar-refractivity contribution in [1.29, 1.82) is 0 Å². The molecule has 0 bridgehead atoms. The number of aliphatic hydroxyl groups excluding tert-OH is 1. The molecule has 1 aromatic carbocycles. The summed E-state index contributed by atoms with van der Waals surface area (Å²) >= 11 is 0. The van der Waals surface area contributed by atoms with Crippen LogP contribution >= 0.6 is 0 Å². The third kappa shape index (κ3) is 5.89. The summed E-state index contributed by atoms with van der Waals surface area (Å²) in [6.45, 7) is 1.43. The number of para-hydroxylation sites is 1. The molecule has 5 nitrogen and oxygen atoms in total. The van der Waals surface area contributed by atoms with Crippen molar-refractivity contribution in [2.45, 2.75) is 12.5 Å². The minimum absolute atomic E-state index is 0.181. The van der Waals surface area contributed by atoms with Gasteiger partial charge in [0.25, 0.3) is 0 Å². The molecule has 0 aliphatic rings. The van der Waals surface area contributed by atoms with Crippen LogP contribution in [0.2, 0.25) is 0 Å². The van der Waals surface area contributed by atoms with Gasteiger partial charge in [0.15, 0.2) is 0 Å². The standard InChI is InChI=1S/C12H18N2O3/c13-12(16)11(15)9-14-7-4-8-17-10-5-2-1-3-6-10/h1-3,5-6,11,14-15H,4,7-9H2,(H2,13,16). The monoisotopic (exact) mass is 238 g/mol. The number of ether oxygens (including phenoxy) is 1. The SMILES string of the molecule is NC(=O)C(O)CNCCCOc1ccccc1. The van der Waals surface area contributed by atoms with E-state index in [-0.39, 0.29) is 6.54 Å². The predicted molar refractivity (Wildman–Crippen MR) is 64.6 cm³/mol. The number of amides is 1. The Balaban J connectivity index is 2.00. The molecule has 0 aromatic heterocycles. The Kier molecular flexibility index (Phi) is 6.06. The van der Waals surface area contributed by atoms with E-state index in [0.29, 0.717) is 13.2 Å². The molecule has 1 amide bonds. The van der Waals surface area contributed by atoms with Crippen molar-refractivity contribution in [1.82, 2.24) is 5.32 Å². The molecule has 1 rings (SSSR count). The summed E-state index contributed by atoms with van der Waals surface area (Å²) in [5.41, 5.74) is 4.90. The van der Waals surface area contributed by atoms with Crippen LogP contribution in [0.4, 0.5) is 0 Å². The summed E-state index contributed by atoms with van der Waals surface area (Å²) in [5, 5.41) is 12.0. The van der Waals surface area contributed by atoms with Gasteiger partial charge in [-0.1, -0.05) is 18.2 Å². The second-order valence-electron chi connectivity index (χ2n) is 3.64. The Labute approximate surface area is 101 Å². The molecule has 17 heavy (non-hydrogen) atoms. The number of aliphatic hydroxyl groups is 1. The van der Waals surface area contributed by atoms with Gasteiger partial charge in [0.2, 0.25) is 5.91 Å². The van der Waals surface area contributed by atoms with Crippen molar-refractivity contribution in [2.24, 2.45) is 5.73 Å². The Morgan fingerprint density at radius 3 is 2.76 bits per heavy atom. The fourth-order valence-electron chi connectivity index (χ4n) is 1.24. The van der Waals surface area contributed by atoms with Gasteiger partial charge >= 0.3 is 0 Å². The molecule has 4 N–H and O–H groups in total. The van der Waals surface area contributed by atoms with Gasteiger partial charge in [-0.2, -0.15) is 0 Å². The molecule has 1 unspecified atom stereocenters. The van der Waals surface area contributed by atoms with E-state index in [0.717, 1.165) is 12.2 Å².